The standard InChI is InChI=1S/C48H31N3O2/c1-49-47(36-25-23-33-27-35(24-22-34(33)28-36)37-14-9-19-44-45(37)40-13-5-7-18-43(40)52-44)51-48(50-29-30-20-21-31-10-2-3-11-32(31)26-30)41-16-8-15-39-38-12-4-6-17-42(38)53-46(39)41/h2-28H,1,29H2/b50-48-,51-47-. The zero-order valence-electron chi connectivity index (χ0n) is 28.7. The van der Waals surface area contributed by atoms with Crippen molar-refractivity contribution in [1.29, 1.82) is 0 Å². The Bertz CT molecular complexity index is 3130. The first-order valence-corrected chi connectivity index (χ1v) is 17.6. The van der Waals surface area contributed by atoms with E-state index in [2.05, 4.69) is 127 Å². The number of fused-ring (bicyclic) bond motifs is 8. The predicted molar refractivity (Wildman–Crippen MR) is 221 cm³/mol. The molecule has 0 aliphatic carbocycles. The molecule has 0 saturated heterocycles. The molecule has 0 radical (unpaired) electrons. The molecule has 10 rings (SSSR count). The van der Waals surface area contributed by atoms with Crippen LogP contribution in [-0.4, -0.2) is 18.4 Å². The van der Waals surface area contributed by atoms with Gasteiger partial charge in [0.2, 0.25) is 0 Å². The van der Waals surface area contributed by atoms with Gasteiger partial charge in [0.1, 0.15) is 22.3 Å². The summed E-state index contributed by atoms with van der Waals surface area (Å²) in [5.74, 6) is 1.01. The number of hydrogen-bond donors (Lipinski definition) is 0. The van der Waals surface area contributed by atoms with Crippen LogP contribution in [0.4, 0.5) is 0 Å². The van der Waals surface area contributed by atoms with Gasteiger partial charge in [-0.1, -0.05) is 121 Å². The Morgan fingerprint density at radius 3 is 2.08 bits per heavy atom. The van der Waals surface area contributed by atoms with E-state index in [-0.39, 0.29) is 0 Å². The molecule has 0 saturated carbocycles. The van der Waals surface area contributed by atoms with Crippen LogP contribution in [0.1, 0.15) is 16.7 Å². The molecule has 0 spiro atoms. The minimum absolute atomic E-state index is 0.434. The number of rotatable bonds is 5. The van der Waals surface area contributed by atoms with E-state index in [1.54, 1.807) is 0 Å². The summed E-state index contributed by atoms with van der Waals surface area (Å²) in [6, 6.07) is 56.3. The van der Waals surface area contributed by atoms with Crippen molar-refractivity contribution in [2.24, 2.45) is 15.0 Å². The summed E-state index contributed by atoms with van der Waals surface area (Å²) in [6.45, 7) is 4.38. The van der Waals surface area contributed by atoms with Gasteiger partial charge < -0.3 is 8.83 Å². The van der Waals surface area contributed by atoms with Crippen LogP contribution < -0.4 is 0 Å². The fourth-order valence-electron chi connectivity index (χ4n) is 7.47. The lowest BCUT2D eigenvalue weighted by Gasteiger charge is -2.09. The van der Waals surface area contributed by atoms with Gasteiger partial charge in [-0.3, -0.25) is 4.99 Å². The van der Waals surface area contributed by atoms with E-state index in [4.69, 9.17) is 18.8 Å². The van der Waals surface area contributed by atoms with Crippen LogP contribution in [0.2, 0.25) is 0 Å². The van der Waals surface area contributed by atoms with E-state index in [0.29, 0.717) is 18.2 Å². The second kappa shape index (κ2) is 12.6. The van der Waals surface area contributed by atoms with Crippen molar-refractivity contribution in [2.45, 2.75) is 6.54 Å². The maximum atomic E-state index is 6.44. The number of benzene rings is 8. The fourth-order valence-corrected chi connectivity index (χ4v) is 7.47. The molecule has 0 aliphatic rings. The average molecular weight is 682 g/mol. The van der Waals surface area contributed by atoms with Crippen molar-refractivity contribution in [1.82, 2.24) is 0 Å². The Balaban J connectivity index is 1.07. The minimum atomic E-state index is 0.434. The molecular formula is C48H31N3O2. The lowest BCUT2D eigenvalue weighted by atomic mass is 9.96. The van der Waals surface area contributed by atoms with Gasteiger partial charge >= 0.3 is 0 Å². The molecule has 2 heterocycles. The number of para-hydroxylation sites is 3. The number of hydrogen-bond acceptors (Lipinski definition) is 3. The maximum absolute atomic E-state index is 6.44. The second-order valence-corrected chi connectivity index (χ2v) is 13.2. The number of nitrogens with zero attached hydrogens (tertiary/aromatic N) is 3. The molecule has 0 N–H and O–H groups in total. The molecule has 2 aromatic heterocycles. The topological polar surface area (TPSA) is 63.4 Å². The van der Waals surface area contributed by atoms with Crippen molar-refractivity contribution < 1.29 is 8.83 Å². The zero-order valence-corrected chi connectivity index (χ0v) is 28.7. The number of aliphatic imine (C=N–C) groups is 3. The van der Waals surface area contributed by atoms with Gasteiger partial charge in [-0.05, 0) is 87.4 Å². The normalized spacial score (nSPS) is 12.5. The highest BCUT2D eigenvalue weighted by Crippen LogP contribution is 2.38. The molecule has 10 aromatic rings. The monoisotopic (exact) mass is 681 g/mol. The van der Waals surface area contributed by atoms with Gasteiger partial charge in [-0.15, -0.1) is 0 Å². The summed E-state index contributed by atoms with van der Waals surface area (Å²) in [7, 11) is 0. The maximum Gasteiger partial charge on any atom is 0.161 e. The van der Waals surface area contributed by atoms with E-state index in [9.17, 15) is 0 Å². The molecule has 8 aromatic carbocycles. The molecule has 0 atom stereocenters. The van der Waals surface area contributed by atoms with E-state index < -0.39 is 0 Å². The highest BCUT2D eigenvalue weighted by Gasteiger charge is 2.17. The molecule has 250 valence electrons. The summed E-state index contributed by atoms with van der Waals surface area (Å²) in [5, 5.41) is 8.85. The third-order valence-electron chi connectivity index (χ3n) is 10.0. The van der Waals surface area contributed by atoms with Crippen LogP contribution in [0, 0.1) is 0 Å². The van der Waals surface area contributed by atoms with Crippen LogP contribution in [0.15, 0.2) is 188 Å². The first-order valence-electron chi connectivity index (χ1n) is 17.6. The molecule has 0 amide bonds. The summed E-state index contributed by atoms with van der Waals surface area (Å²) < 4.78 is 12.6. The summed E-state index contributed by atoms with van der Waals surface area (Å²) in [6.07, 6.45) is 0. The van der Waals surface area contributed by atoms with Crippen molar-refractivity contribution >= 4 is 83.8 Å². The Morgan fingerprint density at radius 2 is 1.19 bits per heavy atom. The van der Waals surface area contributed by atoms with Crippen molar-refractivity contribution in [3.8, 4) is 11.1 Å². The van der Waals surface area contributed by atoms with Gasteiger partial charge in [0, 0.05) is 27.1 Å². The first-order chi connectivity index (χ1) is 26.2. The average Bonchev–Trinajstić information content (AvgIpc) is 3.79. The number of furan rings is 2. The van der Waals surface area contributed by atoms with Gasteiger partial charge in [0.05, 0.1) is 12.1 Å². The van der Waals surface area contributed by atoms with Gasteiger partial charge in [0.15, 0.2) is 11.7 Å². The van der Waals surface area contributed by atoms with Crippen LogP contribution >= 0.6 is 0 Å². The molecular weight excluding hydrogens is 651 g/mol. The van der Waals surface area contributed by atoms with Crippen LogP contribution in [0.5, 0.6) is 0 Å². The molecule has 0 bridgehead atoms. The van der Waals surface area contributed by atoms with Gasteiger partial charge in [-0.2, -0.15) is 0 Å². The molecule has 5 nitrogen and oxygen atoms in total. The highest BCUT2D eigenvalue weighted by atomic mass is 16.3. The van der Waals surface area contributed by atoms with Crippen LogP contribution in [-0.2, 0) is 6.54 Å². The van der Waals surface area contributed by atoms with Crippen molar-refractivity contribution in [3.63, 3.8) is 0 Å². The van der Waals surface area contributed by atoms with Gasteiger partial charge in [-0.25, -0.2) is 9.98 Å². The van der Waals surface area contributed by atoms with E-state index >= 15 is 0 Å². The SMILES string of the molecule is C=N/C(=N\C(=N/Cc1ccc2ccccc2c1)c1cccc2c1oc1ccccc12)c1ccc2cc(-c3cccc4oc5ccccc5c34)ccc2c1. The Hall–Kier alpha value is -7.11. The first kappa shape index (κ1) is 30.7. The second-order valence-electron chi connectivity index (χ2n) is 13.2. The molecule has 5 heteroatoms. The van der Waals surface area contributed by atoms with Crippen molar-refractivity contribution in [2.75, 3.05) is 0 Å². The summed E-state index contributed by atoms with van der Waals surface area (Å²) in [4.78, 5) is 14.7. The lowest BCUT2D eigenvalue weighted by Crippen LogP contribution is -2.06. The highest BCUT2D eigenvalue weighted by molar-refractivity contribution is 6.19. The number of amidine groups is 2. The Morgan fingerprint density at radius 1 is 0.509 bits per heavy atom. The Labute approximate surface area is 304 Å². The van der Waals surface area contributed by atoms with E-state index in [1.165, 1.54) is 10.8 Å². The summed E-state index contributed by atoms with van der Waals surface area (Å²) >= 11 is 0. The molecule has 0 unspecified atom stereocenters. The van der Waals surface area contributed by atoms with Crippen LogP contribution in [0.25, 0.3) is 76.5 Å². The zero-order chi connectivity index (χ0) is 35.3. The summed E-state index contributed by atoms with van der Waals surface area (Å²) in [5.41, 5.74) is 8.33. The van der Waals surface area contributed by atoms with Gasteiger partial charge in [0.25, 0.3) is 0 Å². The Kier molecular flexibility index (Phi) is 7.29. The predicted octanol–water partition coefficient (Wildman–Crippen LogP) is 12.6. The van der Waals surface area contributed by atoms with E-state index in [1.807, 2.05) is 48.5 Å². The van der Waals surface area contributed by atoms with Crippen molar-refractivity contribution in [3.05, 3.63) is 180 Å². The van der Waals surface area contributed by atoms with Crippen LogP contribution in [0.3, 0.4) is 0 Å². The largest absolute Gasteiger partial charge is 0.456 e. The third kappa shape index (κ3) is 5.38. The molecule has 53 heavy (non-hydrogen) atoms. The smallest absolute Gasteiger partial charge is 0.161 e. The third-order valence-corrected chi connectivity index (χ3v) is 10.0. The fraction of sp³-hybridized carbons (Fsp3) is 0.0208. The molecule has 0 fully saturated rings. The molecule has 0 aliphatic heterocycles. The van der Waals surface area contributed by atoms with E-state index in [0.717, 1.165) is 82.5 Å². The quantitative estimate of drug-likeness (QED) is 0.134. The lowest BCUT2D eigenvalue weighted by molar-refractivity contribution is 0.668. The minimum Gasteiger partial charge on any atom is -0.456 e.